The molecular weight excluding hydrogens is 240 g/mol. The molecule has 1 heterocycles. The van der Waals surface area contributed by atoms with Crippen molar-refractivity contribution < 1.29 is 9.90 Å². The van der Waals surface area contributed by atoms with Crippen molar-refractivity contribution in [3.05, 3.63) is 53.3 Å². The van der Waals surface area contributed by atoms with Crippen molar-refractivity contribution in [2.45, 2.75) is 0 Å². The summed E-state index contributed by atoms with van der Waals surface area (Å²) in [6.45, 7) is 0. The van der Waals surface area contributed by atoms with E-state index in [0.29, 0.717) is 16.4 Å². The number of nitrogens with one attached hydrogen (secondary N) is 1. The monoisotopic (exact) mass is 248 g/mol. The first kappa shape index (κ1) is 11.4. The Labute approximate surface area is 103 Å². The normalized spacial score (nSPS) is 9.94. The summed E-state index contributed by atoms with van der Waals surface area (Å²) in [5.41, 5.74) is 1.31. The number of benzene rings is 1. The van der Waals surface area contributed by atoms with Crippen LogP contribution >= 0.6 is 11.6 Å². The fourth-order valence-electron chi connectivity index (χ4n) is 1.40. The molecule has 2 rings (SSSR count). The molecule has 5 heteroatoms. The van der Waals surface area contributed by atoms with Gasteiger partial charge in [-0.15, -0.1) is 0 Å². The van der Waals surface area contributed by atoms with E-state index in [1.807, 2.05) is 0 Å². The Morgan fingerprint density at radius 2 is 2.18 bits per heavy atom. The molecule has 1 aromatic heterocycles. The van der Waals surface area contributed by atoms with E-state index in [-0.39, 0.29) is 5.56 Å². The van der Waals surface area contributed by atoms with Crippen LogP contribution in [0.2, 0.25) is 5.02 Å². The van der Waals surface area contributed by atoms with E-state index >= 15 is 0 Å². The van der Waals surface area contributed by atoms with Crippen LogP contribution in [-0.2, 0) is 0 Å². The van der Waals surface area contributed by atoms with Crippen LogP contribution in [0.4, 0.5) is 11.4 Å². The Balaban J connectivity index is 2.37. The van der Waals surface area contributed by atoms with Crippen molar-refractivity contribution in [3.63, 3.8) is 0 Å². The number of carboxylic acids is 1. The molecule has 0 atom stereocenters. The summed E-state index contributed by atoms with van der Waals surface area (Å²) in [6.07, 6.45) is 3.24. The number of carboxylic acid groups (broad SMARTS) is 1. The van der Waals surface area contributed by atoms with Gasteiger partial charge in [0.2, 0.25) is 0 Å². The molecule has 2 aromatic rings. The van der Waals surface area contributed by atoms with Gasteiger partial charge in [-0.3, -0.25) is 4.98 Å². The lowest BCUT2D eigenvalue weighted by atomic mass is 10.1. The topological polar surface area (TPSA) is 62.2 Å². The summed E-state index contributed by atoms with van der Waals surface area (Å²) >= 11 is 5.84. The number of carbonyl (C=O) groups is 1. The van der Waals surface area contributed by atoms with Crippen molar-refractivity contribution in [2.75, 3.05) is 5.32 Å². The summed E-state index contributed by atoms with van der Waals surface area (Å²) in [4.78, 5) is 15.0. The third-order valence-electron chi connectivity index (χ3n) is 2.15. The molecule has 0 radical (unpaired) electrons. The Kier molecular flexibility index (Phi) is 3.25. The number of hydrogen-bond donors (Lipinski definition) is 2. The summed E-state index contributed by atoms with van der Waals surface area (Å²) in [7, 11) is 0. The molecule has 86 valence electrons. The molecule has 0 saturated heterocycles. The minimum absolute atomic E-state index is 0.165. The zero-order chi connectivity index (χ0) is 12.3. The van der Waals surface area contributed by atoms with E-state index in [0.717, 1.165) is 0 Å². The number of nitrogens with zero attached hydrogens (tertiary/aromatic N) is 1. The first-order valence-electron chi connectivity index (χ1n) is 4.87. The van der Waals surface area contributed by atoms with E-state index in [9.17, 15) is 4.79 Å². The van der Waals surface area contributed by atoms with Crippen molar-refractivity contribution in [2.24, 2.45) is 0 Å². The third kappa shape index (κ3) is 2.73. The number of rotatable bonds is 3. The Hall–Kier alpha value is -2.07. The van der Waals surface area contributed by atoms with Crippen LogP contribution in [0.25, 0.3) is 0 Å². The zero-order valence-electron chi connectivity index (χ0n) is 8.72. The highest BCUT2D eigenvalue weighted by Gasteiger charge is 2.10. The van der Waals surface area contributed by atoms with E-state index < -0.39 is 5.97 Å². The van der Waals surface area contributed by atoms with Gasteiger partial charge in [0.15, 0.2) is 0 Å². The molecule has 1 aromatic carbocycles. The second kappa shape index (κ2) is 4.84. The average molecular weight is 249 g/mol. The Bertz CT molecular complexity index is 543. The summed E-state index contributed by atoms with van der Waals surface area (Å²) in [5, 5.41) is 12.5. The van der Waals surface area contributed by atoms with Gasteiger partial charge in [-0.05, 0) is 30.3 Å². The lowest BCUT2D eigenvalue weighted by Gasteiger charge is -2.09. The van der Waals surface area contributed by atoms with Crippen molar-refractivity contribution in [3.8, 4) is 0 Å². The first-order chi connectivity index (χ1) is 8.16. The van der Waals surface area contributed by atoms with Crippen molar-refractivity contribution >= 4 is 28.9 Å². The molecular formula is C12H9ClN2O2. The van der Waals surface area contributed by atoms with Crippen LogP contribution in [0, 0.1) is 0 Å². The van der Waals surface area contributed by atoms with Gasteiger partial charge in [0, 0.05) is 11.2 Å². The van der Waals surface area contributed by atoms with Gasteiger partial charge in [-0.1, -0.05) is 11.6 Å². The fourth-order valence-corrected chi connectivity index (χ4v) is 1.57. The molecule has 0 aliphatic carbocycles. The number of aromatic nitrogens is 1. The third-order valence-corrected chi connectivity index (χ3v) is 2.39. The molecule has 2 N–H and O–H groups in total. The minimum Gasteiger partial charge on any atom is -0.478 e. The summed E-state index contributed by atoms with van der Waals surface area (Å²) in [6, 6.07) is 8.12. The van der Waals surface area contributed by atoms with Gasteiger partial charge < -0.3 is 10.4 Å². The molecule has 0 spiro atoms. The summed E-state index contributed by atoms with van der Waals surface area (Å²) in [5.74, 6) is -1.01. The highest BCUT2D eigenvalue weighted by atomic mass is 35.5. The molecule has 0 aliphatic rings. The quantitative estimate of drug-likeness (QED) is 0.876. The highest BCUT2D eigenvalue weighted by Crippen LogP contribution is 2.24. The SMILES string of the molecule is O=C(O)c1ccc(Cl)cc1Nc1cccnc1. The number of halogens is 1. The molecule has 0 saturated carbocycles. The number of pyridine rings is 1. The molecule has 0 aliphatic heterocycles. The maximum atomic E-state index is 11.0. The second-order valence-corrected chi connectivity index (χ2v) is 3.80. The van der Waals surface area contributed by atoms with Crippen LogP contribution in [-0.4, -0.2) is 16.1 Å². The lowest BCUT2D eigenvalue weighted by Crippen LogP contribution is -2.02. The predicted octanol–water partition coefficient (Wildman–Crippen LogP) is 3.18. The molecule has 0 unspecified atom stereocenters. The number of hydrogen-bond acceptors (Lipinski definition) is 3. The second-order valence-electron chi connectivity index (χ2n) is 3.36. The zero-order valence-corrected chi connectivity index (χ0v) is 9.48. The molecule has 0 fully saturated rings. The smallest absolute Gasteiger partial charge is 0.337 e. The maximum Gasteiger partial charge on any atom is 0.337 e. The van der Waals surface area contributed by atoms with Crippen LogP contribution in [0.1, 0.15) is 10.4 Å². The first-order valence-corrected chi connectivity index (χ1v) is 5.24. The largest absolute Gasteiger partial charge is 0.478 e. The van der Waals surface area contributed by atoms with Gasteiger partial charge in [0.1, 0.15) is 0 Å². The minimum atomic E-state index is -1.01. The fraction of sp³-hybridized carbons (Fsp3) is 0. The summed E-state index contributed by atoms with van der Waals surface area (Å²) < 4.78 is 0. The number of aromatic carboxylic acids is 1. The standard InChI is InChI=1S/C12H9ClN2O2/c13-8-3-4-10(12(16)17)11(6-8)15-9-2-1-5-14-7-9/h1-7,15H,(H,16,17). The van der Waals surface area contributed by atoms with E-state index in [1.54, 1.807) is 36.7 Å². The molecule has 17 heavy (non-hydrogen) atoms. The molecule has 4 nitrogen and oxygen atoms in total. The molecule has 0 amide bonds. The van der Waals surface area contributed by atoms with Gasteiger partial charge >= 0.3 is 5.97 Å². The van der Waals surface area contributed by atoms with Crippen LogP contribution in [0.3, 0.4) is 0 Å². The van der Waals surface area contributed by atoms with Crippen LogP contribution in [0.5, 0.6) is 0 Å². The lowest BCUT2D eigenvalue weighted by molar-refractivity contribution is 0.0698. The van der Waals surface area contributed by atoms with Gasteiger partial charge in [0.05, 0.1) is 23.1 Å². The van der Waals surface area contributed by atoms with Crippen molar-refractivity contribution in [1.82, 2.24) is 4.98 Å². The highest BCUT2D eigenvalue weighted by molar-refractivity contribution is 6.31. The average Bonchev–Trinajstić information content (AvgIpc) is 2.30. The van der Waals surface area contributed by atoms with E-state index in [4.69, 9.17) is 16.7 Å². The van der Waals surface area contributed by atoms with Crippen LogP contribution < -0.4 is 5.32 Å². The Morgan fingerprint density at radius 3 is 2.82 bits per heavy atom. The molecule has 0 bridgehead atoms. The van der Waals surface area contributed by atoms with Gasteiger partial charge in [0.25, 0.3) is 0 Å². The van der Waals surface area contributed by atoms with Crippen LogP contribution in [0.15, 0.2) is 42.7 Å². The van der Waals surface area contributed by atoms with E-state index in [1.165, 1.54) is 6.07 Å². The van der Waals surface area contributed by atoms with Crippen molar-refractivity contribution in [1.29, 1.82) is 0 Å². The number of anilines is 2. The van der Waals surface area contributed by atoms with E-state index in [2.05, 4.69) is 10.3 Å². The maximum absolute atomic E-state index is 11.0. The van der Waals surface area contributed by atoms with Gasteiger partial charge in [-0.2, -0.15) is 0 Å². The predicted molar refractivity (Wildman–Crippen MR) is 65.9 cm³/mol. The van der Waals surface area contributed by atoms with Gasteiger partial charge in [-0.25, -0.2) is 4.79 Å². The Morgan fingerprint density at radius 1 is 1.35 bits per heavy atom.